The molecule has 0 saturated carbocycles. The van der Waals surface area contributed by atoms with Crippen LogP contribution in [0.1, 0.15) is 24.2 Å². The second-order valence-corrected chi connectivity index (χ2v) is 6.23. The standard InChI is InChI=1S/C12H15BrINO2/c1-7(2)11(6-16)15-12(17)9-5-8(14)3-4-10(9)13/h3-5,7,11,16H,6H2,1-2H3,(H,15,17). The van der Waals surface area contributed by atoms with E-state index in [9.17, 15) is 9.90 Å². The van der Waals surface area contributed by atoms with Gasteiger partial charge in [-0.05, 0) is 62.6 Å². The van der Waals surface area contributed by atoms with Gasteiger partial charge in [0.25, 0.3) is 5.91 Å². The van der Waals surface area contributed by atoms with Gasteiger partial charge in [-0.3, -0.25) is 4.79 Å². The molecule has 0 bridgehead atoms. The van der Waals surface area contributed by atoms with Crippen molar-refractivity contribution in [3.8, 4) is 0 Å². The average molecular weight is 412 g/mol. The molecule has 3 nitrogen and oxygen atoms in total. The zero-order valence-corrected chi connectivity index (χ0v) is 13.4. The van der Waals surface area contributed by atoms with Crippen molar-refractivity contribution < 1.29 is 9.90 Å². The molecule has 0 aromatic heterocycles. The summed E-state index contributed by atoms with van der Waals surface area (Å²) in [5, 5.41) is 12.0. The van der Waals surface area contributed by atoms with Crippen molar-refractivity contribution in [3.05, 3.63) is 31.8 Å². The number of benzene rings is 1. The molecule has 0 aliphatic heterocycles. The summed E-state index contributed by atoms with van der Waals surface area (Å²) >= 11 is 5.51. The molecule has 0 aliphatic rings. The Bertz CT molecular complexity index is 409. The summed E-state index contributed by atoms with van der Waals surface area (Å²) in [5.74, 6) is 0.0358. The lowest BCUT2D eigenvalue weighted by atomic mass is 10.0. The van der Waals surface area contributed by atoms with Gasteiger partial charge in [-0.2, -0.15) is 0 Å². The number of hydrogen-bond acceptors (Lipinski definition) is 2. The smallest absolute Gasteiger partial charge is 0.252 e. The number of aliphatic hydroxyl groups excluding tert-OH is 1. The van der Waals surface area contributed by atoms with Crippen molar-refractivity contribution >= 4 is 44.4 Å². The van der Waals surface area contributed by atoms with E-state index in [0.717, 1.165) is 8.04 Å². The summed E-state index contributed by atoms with van der Waals surface area (Å²) in [6.45, 7) is 3.88. The molecular weight excluding hydrogens is 397 g/mol. The second-order valence-electron chi connectivity index (χ2n) is 4.13. The molecule has 0 heterocycles. The topological polar surface area (TPSA) is 49.3 Å². The van der Waals surface area contributed by atoms with Crippen LogP contribution >= 0.6 is 38.5 Å². The number of aliphatic hydroxyl groups is 1. The summed E-state index contributed by atoms with van der Waals surface area (Å²) in [4.78, 5) is 12.0. The Kier molecular flexibility index (Phi) is 5.88. The van der Waals surface area contributed by atoms with E-state index < -0.39 is 0 Å². The first-order valence-electron chi connectivity index (χ1n) is 5.32. The summed E-state index contributed by atoms with van der Waals surface area (Å²) in [5.41, 5.74) is 0.594. The molecule has 2 N–H and O–H groups in total. The average Bonchev–Trinajstić information content (AvgIpc) is 2.28. The van der Waals surface area contributed by atoms with Gasteiger partial charge in [0.15, 0.2) is 0 Å². The van der Waals surface area contributed by atoms with Crippen LogP contribution in [0.4, 0.5) is 0 Å². The van der Waals surface area contributed by atoms with Gasteiger partial charge in [-0.25, -0.2) is 0 Å². The molecule has 17 heavy (non-hydrogen) atoms. The molecule has 94 valence electrons. The fraction of sp³-hybridized carbons (Fsp3) is 0.417. The molecule has 1 atom stereocenters. The summed E-state index contributed by atoms with van der Waals surface area (Å²) in [6, 6.07) is 5.37. The largest absolute Gasteiger partial charge is 0.394 e. The van der Waals surface area contributed by atoms with Gasteiger partial charge in [-0.1, -0.05) is 13.8 Å². The molecule has 0 radical (unpaired) electrons. The lowest BCUT2D eigenvalue weighted by Crippen LogP contribution is -2.41. The Morgan fingerprint density at radius 1 is 1.53 bits per heavy atom. The highest BCUT2D eigenvalue weighted by atomic mass is 127. The van der Waals surface area contributed by atoms with Crippen LogP contribution in [0.5, 0.6) is 0 Å². The van der Waals surface area contributed by atoms with E-state index in [4.69, 9.17) is 0 Å². The van der Waals surface area contributed by atoms with Gasteiger partial charge < -0.3 is 10.4 Å². The molecule has 0 aliphatic carbocycles. The Labute approximate surface area is 123 Å². The number of carbonyl (C=O) groups excluding carboxylic acids is 1. The third-order valence-electron chi connectivity index (χ3n) is 2.49. The SMILES string of the molecule is CC(C)C(CO)NC(=O)c1cc(I)ccc1Br. The van der Waals surface area contributed by atoms with E-state index in [2.05, 4.69) is 43.8 Å². The molecule has 0 fully saturated rings. The lowest BCUT2D eigenvalue weighted by Gasteiger charge is -2.20. The van der Waals surface area contributed by atoms with E-state index in [1.807, 2.05) is 32.0 Å². The van der Waals surface area contributed by atoms with Crippen LogP contribution in [-0.4, -0.2) is 23.7 Å². The molecule has 1 rings (SSSR count). The van der Waals surface area contributed by atoms with Crippen LogP contribution in [0.15, 0.2) is 22.7 Å². The molecule has 0 saturated heterocycles. The number of rotatable bonds is 4. The fourth-order valence-corrected chi connectivity index (χ4v) is 2.26. The van der Waals surface area contributed by atoms with Gasteiger partial charge >= 0.3 is 0 Å². The normalized spacial score (nSPS) is 12.6. The van der Waals surface area contributed by atoms with Crippen molar-refractivity contribution in [2.75, 3.05) is 6.61 Å². The van der Waals surface area contributed by atoms with E-state index in [1.165, 1.54) is 0 Å². The minimum Gasteiger partial charge on any atom is -0.394 e. The van der Waals surface area contributed by atoms with Crippen molar-refractivity contribution in [2.24, 2.45) is 5.92 Å². The number of hydrogen-bond donors (Lipinski definition) is 2. The zero-order valence-electron chi connectivity index (χ0n) is 9.71. The Balaban J connectivity index is 2.86. The van der Waals surface area contributed by atoms with Crippen LogP contribution < -0.4 is 5.32 Å². The Morgan fingerprint density at radius 2 is 2.18 bits per heavy atom. The van der Waals surface area contributed by atoms with E-state index in [1.54, 1.807) is 0 Å². The predicted octanol–water partition coefficient (Wildman–Crippen LogP) is 2.80. The maximum Gasteiger partial charge on any atom is 0.252 e. The number of carbonyl (C=O) groups is 1. The molecule has 5 heteroatoms. The van der Waals surface area contributed by atoms with Crippen molar-refractivity contribution in [3.63, 3.8) is 0 Å². The van der Waals surface area contributed by atoms with E-state index in [0.29, 0.717) is 5.56 Å². The van der Waals surface area contributed by atoms with Crippen molar-refractivity contribution in [2.45, 2.75) is 19.9 Å². The molecule has 1 aromatic rings. The van der Waals surface area contributed by atoms with Crippen LogP contribution in [0.2, 0.25) is 0 Å². The summed E-state index contributed by atoms with van der Waals surface area (Å²) < 4.78 is 1.76. The van der Waals surface area contributed by atoms with Crippen LogP contribution in [0.3, 0.4) is 0 Å². The Hall–Kier alpha value is -0.140. The van der Waals surface area contributed by atoms with Crippen molar-refractivity contribution in [1.29, 1.82) is 0 Å². The third kappa shape index (κ3) is 4.22. The first-order chi connectivity index (χ1) is 7.95. The summed E-state index contributed by atoms with van der Waals surface area (Å²) in [7, 11) is 0. The maximum absolute atomic E-state index is 12.0. The minimum atomic E-state index is -0.215. The van der Waals surface area contributed by atoms with Gasteiger partial charge in [0.2, 0.25) is 0 Å². The zero-order chi connectivity index (χ0) is 13.0. The quantitative estimate of drug-likeness (QED) is 0.748. The molecule has 1 aromatic carbocycles. The third-order valence-corrected chi connectivity index (χ3v) is 3.85. The highest BCUT2D eigenvalue weighted by molar-refractivity contribution is 14.1. The van der Waals surface area contributed by atoms with Crippen LogP contribution in [-0.2, 0) is 0 Å². The van der Waals surface area contributed by atoms with Gasteiger partial charge in [0.1, 0.15) is 0 Å². The first-order valence-corrected chi connectivity index (χ1v) is 7.19. The van der Waals surface area contributed by atoms with Crippen molar-refractivity contribution in [1.82, 2.24) is 5.32 Å². The summed E-state index contributed by atoms with van der Waals surface area (Å²) in [6.07, 6.45) is 0. The number of halogens is 2. The lowest BCUT2D eigenvalue weighted by molar-refractivity contribution is 0.0896. The van der Waals surface area contributed by atoms with Gasteiger partial charge in [0, 0.05) is 8.04 Å². The van der Waals surface area contributed by atoms with Crippen LogP contribution in [0.25, 0.3) is 0 Å². The maximum atomic E-state index is 12.0. The highest BCUT2D eigenvalue weighted by Crippen LogP contribution is 2.19. The van der Waals surface area contributed by atoms with E-state index in [-0.39, 0.29) is 24.5 Å². The van der Waals surface area contributed by atoms with Gasteiger partial charge in [0.05, 0.1) is 18.2 Å². The number of amides is 1. The van der Waals surface area contributed by atoms with Gasteiger partial charge in [-0.15, -0.1) is 0 Å². The Morgan fingerprint density at radius 3 is 2.71 bits per heavy atom. The molecular formula is C12H15BrINO2. The highest BCUT2D eigenvalue weighted by Gasteiger charge is 2.17. The molecule has 0 spiro atoms. The van der Waals surface area contributed by atoms with E-state index >= 15 is 0 Å². The fourth-order valence-electron chi connectivity index (χ4n) is 1.34. The predicted molar refractivity (Wildman–Crippen MR) is 80.0 cm³/mol. The van der Waals surface area contributed by atoms with Crippen LogP contribution in [0, 0.1) is 9.49 Å². The first kappa shape index (κ1) is 14.9. The monoisotopic (exact) mass is 411 g/mol. The molecule has 1 unspecified atom stereocenters. The second kappa shape index (κ2) is 6.70. The molecule has 1 amide bonds. The minimum absolute atomic E-state index is 0.0506. The number of nitrogens with one attached hydrogen (secondary N) is 1.